The first-order valence-electron chi connectivity index (χ1n) is 9.34. The van der Waals surface area contributed by atoms with Crippen LogP contribution in [0.3, 0.4) is 0 Å². The molecule has 0 saturated carbocycles. The number of amides is 1. The Hall–Kier alpha value is -2.76. The monoisotopic (exact) mass is 370 g/mol. The number of ether oxygens (including phenoxy) is 2. The maximum Gasteiger partial charge on any atom is 0.231 e. The molecule has 2 aliphatic heterocycles. The summed E-state index contributed by atoms with van der Waals surface area (Å²) in [7, 11) is 0. The molecule has 0 spiro atoms. The number of carbonyl (C=O) groups excluding carboxylic acids is 1. The maximum absolute atomic E-state index is 13.9. The molecule has 2 aliphatic rings. The van der Waals surface area contributed by atoms with Gasteiger partial charge in [-0.25, -0.2) is 4.39 Å². The van der Waals surface area contributed by atoms with Gasteiger partial charge in [0.1, 0.15) is 5.82 Å². The normalized spacial score (nSPS) is 18.0. The molecule has 0 unspecified atom stereocenters. The smallest absolute Gasteiger partial charge is 0.231 e. The van der Waals surface area contributed by atoms with Gasteiger partial charge in [0.25, 0.3) is 0 Å². The van der Waals surface area contributed by atoms with Crippen LogP contribution in [0.1, 0.15) is 18.4 Å². The average molecular weight is 370 g/mol. The molecule has 142 valence electrons. The van der Waals surface area contributed by atoms with Crippen LogP contribution >= 0.6 is 0 Å². The van der Waals surface area contributed by atoms with Crippen LogP contribution < -0.4 is 19.7 Å². The lowest BCUT2D eigenvalue weighted by Gasteiger charge is -2.19. The van der Waals surface area contributed by atoms with Crippen molar-refractivity contribution in [1.82, 2.24) is 5.32 Å². The van der Waals surface area contributed by atoms with E-state index in [1.807, 2.05) is 30.3 Å². The highest BCUT2D eigenvalue weighted by Crippen LogP contribution is 2.32. The highest BCUT2D eigenvalue weighted by molar-refractivity contribution is 5.76. The third kappa shape index (κ3) is 4.15. The Bertz CT molecular complexity index is 827. The van der Waals surface area contributed by atoms with Crippen molar-refractivity contribution in [3.05, 3.63) is 53.8 Å². The number of nitrogens with one attached hydrogen (secondary N) is 1. The number of nitrogens with zero attached hydrogens (tertiary/aromatic N) is 1. The van der Waals surface area contributed by atoms with Crippen molar-refractivity contribution >= 4 is 11.6 Å². The summed E-state index contributed by atoms with van der Waals surface area (Å²) in [6, 6.07) is 12.6. The van der Waals surface area contributed by atoms with Gasteiger partial charge in [-0.1, -0.05) is 18.2 Å². The molecule has 1 amide bonds. The summed E-state index contributed by atoms with van der Waals surface area (Å²) in [4.78, 5) is 14.2. The van der Waals surface area contributed by atoms with Crippen molar-refractivity contribution in [2.75, 3.05) is 31.3 Å². The summed E-state index contributed by atoms with van der Waals surface area (Å²) in [5.74, 6) is 1.69. The van der Waals surface area contributed by atoms with Gasteiger partial charge >= 0.3 is 0 Å². The second-order valence-corrected chi connectivity index (χ2v) is 7.04. The highest BCUT2D eigenvalue weighted by atomic mass is 19.1. The second-order valence-electron chi connectivity index (χ2n) is 7.04. The summed E-state index contributed by atoms with van der Waals surface area (Å²) in [5, 5.41) is 3.02. The number of halogens is 1. The molecule has 2 aromatic rings. The van der Waals surface area contributed by atoms with Gasteiger partial charge in [-0.05, 0) is 48.6 Å². The Balaban J connectivity index is 1.21. The van der Waals surface area contributed by atoms with Crippen molar-refractivity contribution < 1.29 is 18.7 Å². The Morgan fingerprint density at radius 1 is 1.19 bits per heavy atom. The van der Waals surface area contributed by atoms with Crippen molar-refractivity contribution in [1.29, 1.82) is 0 Å². The van der Waals surface area contributed by atoms with E-state index in [0.717, 1.165) is 36.6 Å². The Morgan fingerprint density at radius 3 is 2.93 bits per heavy atom. The minimum absolute atomic E-state index is 0.0389. The summed E-state index contributed by atoms with van der Waals surface area (Å²) in [6.45, 7) is 2.47. The Labute approximate surface area is 158 Å². The molecular formula is C21H23FN2O3. The molecule has 1 fully saturated rings. The molecule has 2 aromatic carbocycles. The first kappa shape index (κ1) is 17.6. The van der Waals surface area contributed by atoms with Crippen molar-refractivity contribution in [3.63, 3.8) is 0 Å². The molecule has 1 atom stereocenters. The lowest BCUT2D eigenvalue weighted by Crippen LogP contribution is -2.31. The van der Waals surface area contributed by atoms with E-state index < -0.39 is 0 Å². The fraction of sp³-hybridized carbons (Fsp3) is 0.381. The quantitative estimate of drug-likeness (QED) is 0.849. The van der Waals surface area contributed by atoms with Crippen LogP contribution in [-0.4, -0.2) is 32.3 Å². The van der Waals surface area contributed by atoms with E-state index >= 15 is 0 Å². The molecule has 27 heavy (non-hydrogen) atoms. The molecule has 1 N–H and O–H groups in total. The van der Waals surface area contributed by atoms with Crippen LogP contribution in [0.5, 0.6) is 11.5 Å². The van der Waals surface area contributed by atoms with Gasteiger partial charge in [0.15, 0.2) is 11.5 Å². The number of benzene rings is 2. The van der Waals surface area contributed by atoms with Crippen LogP contribution in [0.4, 0.5) is 10.1 Å². The number of hydrogen-bond donors (Lipinski definition) is 1. The van der Waals surface area contributed by atoms with Crippen LogP contribution in [0.15, 0.2) is 42.5 Å². The molecule has 0 radical (unpaired) electrons. The second kappa shape index (κ2) is 7.86. The molecule has 2 heterocycles. The number of rotatable bonds is 6. The van der Waals surface area contributed by atoms with E-state index in [1.54, 1.807) is 6.07 Å². The summed E-state index contributed by atoms with van der Waals surface area (Å²) < 4.78 is 24.6. The van der Waals surface area contributed by atoms with E-state index in [2.05, 4.69) is 10.2 Å². The molecule has 1 saturated heterocycles. The van der Waals surface area contributed by atoms with Gasteiger partial charge in [0.2, 0.25) is 12.7 Å². The fourth-order valence-corrected chi connectivity index (χ4v) is 3.63. The number of para-hydroxylation sites is 1. The van der Waals surface area contributed by atoms with Gasteiger partial charge in [0, 0.05) is 26.1 Å². The van der Waals surface area contributed by atoms with Crippen molar-refractivity contribution in [2.24, 2.45) is 5.92 Å². The zero-order valence-electron chi connectivity index (χ0n) is 15.1. The van der Waals surface area contributed by atoms with Gasteiger partial charge in [0.05, 0.1) is 5.69 Å². The number of fused-ring (bicyclic) bond motifs is 1. The van der Waals surface area contributed by atoms with Gasteiger partial charge in [-0.3, -0.25) is 4.79 Å². The third-order valence-corrected chi connectivity index (χ3v) is 5.14. The molecule has 4 rings (SSSR count). The van der Waals surface area contributed by atoms with E-state index in [4.69, 9.17) is 9.47 Å². The molecule has 0 bridgehead atoms. The largest absolute Gasteiger partial charge is 0.454 e. The fourth-order valence-electron chi connectivity index (χ4n) is 3.63. The standard InChI is InChI=1S/C21H23FN2O3/c22-17-3-1-2-4-18(17)24-10-9-16(13-24)12-23-21(25)8-6-15-5-7-19-20(11-15)27-14-26-19/h1-5,7,11,16H,6,8-10,12-14H2,(H,23,25)/t16-/m1/s1. The zero-order chi connectivity index (χ0) is 18.6. The molecule has 6 heteroatoms. The van der Waals surface area contributed by atoms with Crippen LogP contribution in [0.25, 0.3) is 0 Å². The van der Waals surface area contributed by atoms with Crippen LogP contribution in [0.2, 0.25) is 0 Å². The predicted molar refractivity (Wildman–Crippen MR) is 101 cm³/mol. The number of carbonyl (C=O) groups is 1. The van der Waals surface area contributed by atoms with Gasteiger partial charge < -0.3 is 19.7 Å². The van der Waals surface area contributed by atoms with E-state index in [0.29, 0.717) is 31.0 Å². The van der Waals surface area contributed by atoms with E-state index in [1.165, 1.54) is 6.07 Å². The Morgan fingerprint density at radius 2 is 2.04 bits per heavy atom. The van der Waals surface area contributed by atoms with Crippen LogP contribution in [0, 0.1) is 11.7 Å². The van der Waals surface area contributed by atoms with Gasteiger partial charge in [-0.2, -0.15) is 0 Å². The lowest BCUT2D eigenvalue weighted by atomic mass is 10.1. The number of hydrogen-bond acceptors (Lipinski definition) is 4. The Kier molecular flexibility index (Phi) is 5.14. The molecule has 0 aromatic heterocycles. The number of anilines is 1. The summed E-state index contributed by atoms with van der Waals surface area (Å²) in [5.41, 5.74) is 1.70. The highest BCUT2D eigenvalue weighted by Gasteiger charge is 2.24. The predicted octanol–water partition coefficient (Wildman–Crippen LogP) is 3.13. The first-order valence-corrected chi connectivity index (χ1v) is 9.34. The molecule has 5 nitrogen and oxygen atoms in total. The number of aryl methyl sites for hydroxylation is 1. The van der Waals surface area contributed by atoms with Crippen LogP contribution in [-0.2, 0) is 11.2 Å². The van der Waals surface area contributed by atoms with E-state index in [9.17, 15) is 9.18 Å². The summed E-state index contributed by atoms with van der Waals surface area (Å²) >= 11 is 0. The van der Waals surface area contributed by atoms with Crippen molar-refractivity contribution in [3.8, 4) is 11.5 Å². The summed E-state index contributed by atoms with van der Waals surface area (Å²) in [6.07, 6.45) is 2.05. The zero-order valence-corrected chi connectivity index (χ0v) is 15.1. The molecule has 0 aliphatic carbocycles. The maximum atomic E-state index is 13.9. The third-order valence-electron chi connectivity index (χ3n) is 5.14. The minimum Gasteiger partial charge on any atom is -0.454 e. The average Bonchev–Trinajstić information content (AvgIpc) is 3.34. The van der Waals surface area contributed by atoms with Crippen molar-refractivity contribution in [2.45, 2.75) is 19.3 Å². The minimum atomic E-state index is -0.189. The topological polar surface area (TPSA) is 50.8 Å². The molecular weight excluding hydrogens is 347 g/mol. The first-order chi connectivity index (χ1) is 13.2. The van der Waals surface area contributed by atoms with E-state index in [-0.39, 0.29) is 18.5 Å². The lowest BCUT2D eigenvalue weighted by molar-refractivity contribution is -0.121. The SMILES string of the molecule is O=C(CCc1ccc2c(c1)OCO2)NC[C@H]1CCN(c2ccccc2F)C1. The van der Waals surface area contributed by atoms with Gasteiger partial charge in [-0.15, -0.1) is 0 Å².